The molecule has 0 aromatic carbocycles. The first kappa shape index (κ1) is 82.8. The molecule has 3 rings (SSSR count). The van der Waals surface area contributed by atoms with Gasteiger partial charge in [0.05, 0.1) is 38.6 Å². The lowest BCUT2D eigenvalue weighted by Gasteiger charge is -2.48. The Morgan fingerprint density at radius 2 is 0.689 bits per heavy atom. The molecule has 532 valence electrons. The van der Waals surface area contributed by atoms with Crippen molar-refractivity contribution in [1.29, 1.82) is 0 Å². The number of unbranched alkanes of at least 4 members (excludes halogenated alkanes) is 42. The molecule has 12 N–H and O–H groups in total. The summed E-state index contributed by atoms with van der Waals surface area (Å²) in [5.74, 6) is -0.269. The third-order valence-electron chi connectivity index (χ3n) is 18.8. The van der Waals surface area contributed by atoms with Crippen LogP contribution < -0.4 is 5.32 Å². The number of carbonyl (C=O) groups excluding carboxylic acids is 1. The van der Waals surface area contributed by atoms with Crippen molar-refractivity contribution in [3.8, 4) is 0 Å². The molecule has 17 unspecified atom stereocenters. The summed E-state index contributed by atoms with van der Waals surface area (Å²) in [7, 11) is 0. The molecule has 0 spiro atoms. The first-order valence-electron chi connectivity index (χ1n) is 36.9. The van der Waals surface area contributed by atoms with Crippen molar-refractivity contribution in [1.82, 2.24) is 5.32 Å². The largest absolute Gasteiger partial charge is 0.394 e. The van der Waals surface area contributed by atoms with E-state index in [2.05, 4.69) is 19.2 Å². The SMILES string of the molecule is CCCCCCCCCCCCCCCCCCCCCCCCCCCCC/C=C/C(O)C(COC1OC(CO)C(OC2OC(CO)C(OC3OC(CO)C(O)C(O)C3O)C(O)C2O)C(O)C1O)NC(=O)CCCCCCCCCCCCCCCCCC. The molecule has 3 heterocycles. The molecule has 3 aliphatic rings. The maximum atomic E-state index is 13.4. The Balaban J connectivity index is 1.39. The Morgan fingerprint density at radius 3 is 1.04 bits per heavy atom. The number of hydrogen-bond donors (Lipinski definition) is 12. The molecule has 17 atom stereocenters. The van der Waals surface area contributed by atoms with Crippen molar-refractivity contribution >= 4 is 5.91 Å². The summed E-state index contributed by atoms with van der Waals surface area (Å²) in [6.45, 7) is 1.78. The lowest BCUT2D eigenvalue weighted by molar-refractivity contribution is -0.379. The summed E-state index contributed by atoms with van der Waals surface area (Å²) in [6, 6.07) is -0.969. The number of ether oxygens (including phenoxy) is 6. The van der Waals surface area contributed by atoms with Crippen LogP contribution in [0.2, 0.25) is 0 Å². The van der Waals surface area contributed by atoms with Gasteiger partial charge in [0.1, 0.15) is 73.2 Å². The van der Waals surface area contributed by atoms with Crippen LogP contribution in [-0.4, -0.2) is 193 Å². The molecule has 90 heavy (non-hydrogen) atoms. The van der Waals surface area contributed by atoms with E-state index < -0.39 is 124 Å². The van der Waals surface area contributed by atoms with E-state index in [0.29, 0.717) is 6.42 Å². The zero-order valence-corrected chi connectivity index (χ0v) is 56.4. The van der Waals surface area contributed by atoms with Gasteiger partial charge in [0.15, 0.2) is 18.9 Å². The number of allylic oxidation sites excluding steroid dienone is 1. The van der Waals surface area contributed by atoms with Crippen LogP contribution in [0.25, 0.3) is 0 Å². The van der Waals surface area contributed by atoms with Crippen molar-refractivity contribution in [3.63, 3.8) is 0 Å². The molecule has 0 aromatic heterocycles. The number of rotatable bonds is 58. The minimum Gasteiger partial charge on any atom is -0.394 e. The second-order valence-corrected chi connectivity index (χ2v) is 26.8. The van der Waals surface area contributed by atoms with Gasteiger partial charge in [0.25, 0.3) is 0 Å². The van der Waals surface area contributed by atoms with Crippen LogP contribution in [0.3, 0.4) is 0 Å². The van der Waals surface area contributed by atoms with Gasteiger partial charge in [-0.25, -0.2) is 0 Å². The van der Waals surface area contributed by atoms with Gasteiger partial charge in [-0.05, 0) is 19.3 Å². The van der Waals surface area contributed by atoms with Crippen molar-refractivity contribution in [3.05, 3.63) is 12.2 Å². The Labute approximate surface area is 544 Å². The second-order valence-electron chi connectivity index (χ2n) is 26.8. The molecule has 0 radical (unpaired) electrons. The fraction of sp³-hybridized carbons (Fsp3) is 0.958. The van der Waals surface area contributed by atoms with E-state index in [4.69, 9.17) is 28.4 Å². The summed E-state index contributed by atoms with van der Waals surface area (Å²) in [6.07, 6.45) is 33.4. The number of aliphatic hydroxyl groups excluding tert-OH is 11. The van der Waals surface area contributed by atoms with Crippen LogP contribution in [0, 0.1) is 0 Å². The van der Waals surface area contributed by atoms with Gasteiger partial charge in [-0.2, -0.15) is 0 Å². The zero-order valence-electron chi connectivity index (χ0n) is 56.4. The van der Waals surface area contributed by atoms with Crippen LogP contribution in [0.5, 0.6) is 0 Å². The van der Waals surface area contributed by atoms with Gasteiger partial charge in [0.2, 0.25) is 5.91 Å². The topological polar surface area (TPSA) is 307 Å². The third-order valence-corrected chi connectivity index (χ3v) is 18.8. The van der Waals surface area contributed by atoms with E-state index in [1.54, 1.807) is 6.08 Å². The maximum Gasteiger partial charge on any atom is 0.220 e. The van der Waals surface area contributed by atoms with E-state index in [0.717, 1.165) is 44.9 Å². The highest BCUT2D eigenvalue weighted by atomic mass is 16.8. The van der Waals surface area contributed by atoms with Gasteiger partial charge in [-0.1, -0.05) is 289 Å². The first-order chi connectivity index (χ1) is 43.8. The zero-order chi connectivity index (χ0) is 65.4. The van der Waals surface area contributed by atoms with Gasteiger partial charge in [-0.15, -0.1) is 0 Å². The standard InChI is InChI=1S/C71H135NO18/c1-3-5-7-9-11-13-15-17-19-21-22-23-24-25-26-27-28-29-30-31-32-33-34-36-38-40-42-44-46-48-55(76)54(72-59(77)49-47-45-43-41-39-37-35-20-18-16-14-12-10-8-6-4-2)53-85-69-65(83)62(80)67(57(51-74)87-69)90-71-66(84)63(81)68(58(52-75)88-71)89-70-64(82)61(79)60(78)56(50-73)86-70/h46,48,54-58,60-71,73-76,78-84H,3-45,47,49-53H2,1-2H3,(H,72,77)/b48-46+. The molecular weight excluding hydrogens is 1150 g/mol. The summed E-state index contributed by atoms with van der Waals surface area (Å²) in [5, 5.41) is 121. The molecule has 0 aliphatic carbocycles. The van der Waals surface area contributed by atoms with Crippen molar-refractivity contribution in [2.75, 3.05) is 26.4 Å². The Morgan fingerprint density at radius 1 is 0.389 bits per heavy atom. The molecule has 0 saturated carbocycles. The summed E-state index contributed by atoms with van der Waals surface area (Å²) < 4.78 is 34.4. The maximum absolute atomic E-state index is 13.4. The number of hydrogen-bond acceptors (Lipinski definition) is 18. The predicted molar refractivity (Wildman–Crippen MR) is 351 cm³/mol. The number of carbonyl (C=O) groups is 1. The monoisotopic (exact) mass is 1290 g/mol. The lowest BCUT2D eigenvalue weighted by Crippen LogP contribution is -2.66. The van der Waals surface area contributed by atoms with E-state index >= 15 is 0 Å². The van der Waals surface area contributed by atoms with Crippen LogP contribution in [0.4, 0.5) is 0 Å². The number of nitrogens with one attached hydrogen (secondary N) is 1. The highest BCUT2D eigenvalue weighted by molar-refractivity contribution is 5.76. The fourth-order valence-corrected chi connectivity index (χ4v) is 12.8. The second kappa shape index (κ2) is 53.6. The van der Waals surface area contributed by atoms with Crippen LogP contribution >= 0.6 is 0 Å². The molecule has 0 bridgehead atoms. The van der Waals surface area contributed by atoms with Crippen molar-refractivity contribution in [2.45, 2.75) is 407 Å². The molecule has 1 amide bonds. The third kappa shape index (κ3) is 35.0. The average molecular weight is 1290 g/mol. The quantitative estimate of drug-likeness (QED) is 0.0199. The van der Waals surface area contributed by atoms with Gasteiger partial charge in [-0.3, -0.25) is 4.79 Å². The van der Waals surface area contributed by atoms with E-state index in [9.17, 15) is 61.0 Å². The van der Waals surface area contributed by atoms with Crippen molar-refractivity contribution in [2.24, 2.45) is 0 Å². The number of aliphatic hydroxyl groups is 11. The van der Waals surface area contributed by atoms with E-state index in [-0.39, 0.29) is 18.9 Å². The first-order valence-corrected chi connectivity index (χ1v) is 36.9. The molecule has 3 aliphatic heterocycles. The highest BCUT2D eigenvalue weighted by Crippen LogP contribution is 2.33. The molecule has 3 fully saturated rings. The molecule has 19 heteroatoms. The average Bonchev–Trinajstić information content (AvgIpc) is 1.14. The van der Waals surface area contributed by atoms with Gasteiger partial charge >= 0.3 is 0 Å². The molecule has 3 saturated heterocycles. The van der Waals surface area contributed by atoms with Crippen LogP contribution in [0.15, 0.2) is 12.2 Å². The normalized spacial score (nSPS) is 28.0. The fourth-order valence-electron chi connectivity index (χ4n) is 12.8. The van der Waals surface area contributed by atoms with E-state index in [1.165, 1.54) is 231 Å². The predicted octanol–water partition coefficient (Wildman–Crippen LogP) is 10.4. The summed E-state index contributed by atoms with van der Waals surface area (Å²) >= 11 is 0. The lowest BCUT2D eigenvalue weighted by atomic mass is 9.96. The summed E-state index contributed by atoms with van der Waals surface area (Å²) in [5.41, 5.74) is 0. The highest BCUT2D eigenvalue weighted by Gasteiger charge is 2.53. The smallest absolute Gasteiger partial charge is 0.220 e. The number of amides is 1. The van der Waals surface area contributed by atoms with Crippen LogP contribution in [0.1, 0.15) is 303 Å². The minimum atomic E-state index is -1.98. The minimum absolute atomic E-state index is 0.249. The van der Waals surface area contributed by atoms with E-state index in [1.807, 2.05) is 6.08 Å². The Bertz CT molecular complexity index is 1680. The molecular formula is C71H135NO18. The van der Waals surface area contributed by atoms with Gasteiger partial charge < -0.3 is 89.9 Å². The van der Waals surface area contributed by atoms with Crippen LogP contribution in [-0.2, 0) is 33.2 Å². The Kier molecular flexibility index (Phi) is 49.3. The Hall–Kier alpha value is -1.47. The molecule has 19 nitrogen and oxygen atoms in total. The van der Waals surface area contributed by atoms with Gasteiger partial charge in [0, 0.05) is 6.42 Å². The summed E-state index contributed by atoms with van der Waals surface area (Å²) in [4.78, 5) is 13.4. The molecule has 0 aromatic rings. The van der Waals surface area contributed by atoms with Crippen molar-refractivity contribution < 1.29 is 89.4 Å².